The fourth-order valence-corrected chi connectivity index (χ4v) is 4.69. The largest absolute Gasteiger partial charge is 0.492 e. The van der Waals surface area contributed by atoms with Gasteiger partial charge in [-0.2, -0.15) is 0 Å². The molecule has 1 saturated heterocycles. The second kappa shape index (κ2) is 9.96. The number of imide groups is 1. The molecule has 0 saturated carbocycles. The molecule has 0 radical (unpaired) electrons. The zero-order valence-electron chi connectivity index (χ0n) is 18.8. The third-order valence-corrected chi connectivity index (χ3v) is 6.52. The molecule has 1 aliphatic heterocycles. The van der Waals surface area contributed by atoms with Crippen LogP contribution in [0.5, 0.6) is 5.75 Å². The average Bonchev–Trinajstić information content (AvgIpc) is 3.24. The number of aromatic nitrogens is 1. The highest BCUT2D eigenvalue weighted by molar-refractivity contribution is 8.18. The summed E-state index contributed by atoms with van der Waals surface area (Å²) in [7, 11) is 0. The van der Waals surface area contributed by atoms with Gasteiger partial charge in [-0.1, -0.05) is 36.4 Å². The molecule has 3 aromatic rings. The van der Waals surface area contributed by atoms with Crippen LogP contribution in [0, 0.1) is 24.0 Å². The minimum atomic E-state index is -0.513. The van der Waals surface area contributed by atoms with Gasteiger partial charge in [-0.15, -0.1) is 0 Å². The van der Waals surface area contributed by atoms with Gasteiger partial charge in [0.1, 0.15) is 12.4 Å². The van der Waals surface area contributed by atoms with Gasteiger partial charge in [0.2, 0.25) is 0 Å². The van der Waals surface area contributed by atoms with Gasteiger partial charge >= 0.3 is 0 Å². The van der Waals surface area contributed by atoms with E-state index in [2.05, 4.69) is 4.57 Å². The van der Waals surface area contributed by atoms with Crippen LogP contribution in [0.2, 0.25) is 0 Å². The summed E-state index contributed by atoms with van der Waals surface area (Å²) in [5.41, 5.74) is 3.01. The zero-order valence-corrected chi connectivity index (χ0v) is 19.6. The molecule has 2 heterocycles. The molecule has 0 spiro atoms. The predicted octanol–water partition coefficient (Wildman–Crippen LogP) is 5.33. The number of aryl methyl sites for hydroxylation is 1. The van der Waals surface area contributed by atoms with Crippen molar-refractivity contribution in [1.82, 2.24) is 9.47 Å². The molecule has 0 bridgehead atoms. The minimum absolute atomic E-state index is 0.119. The van der Waals surface area contributed by atoms with Crippen molar-refractivity contribution in [2.75, 3.05) is 6.61 Å². The molecule has 0 aliphatic carbocycles. The summed E-state index contributed by atoms with van der Waals surface area (Å²) in [5.74, 6) is 0.350. The standard InChI is InChI=1S/C25H23N3O5S/c1-17-14-20(18(2)26(17)12-13-33-21-9-4-3-5-10-21)15-23-24(29)27(25(30)34-23)16-19-8-6-7-11-22(19)28(31)32/h3-11,14-15H,12-13,16H2,1-2H3/b23-15-. The molecule has 2 aromatic carbocycles. The van der Waals surface area contributed by atoms with E-state index in [1.54, 1.807) is 24.3 Å². The van der Waals surface area contributed by atoms with Gasteiger partial charge in [0.15, 0.2) is 0 Å². The van der Waals surface area contributed by atoms with Gasteiger partial charge in [-0.3, -0.25) is 24.6 Å². The van der Waals surface area contributed by atoms with E-state index in [1.165, 1.54) is 6.07 Å². The van der Waals surface area contributed by atoms with Crippen molar-refractivity contribution in [3.63, 3.8) is 0 Å². The number of hydrogen-bond donors (Lipinski definition) is 0. The van der Waals surface area contributed by atoms with Gasteiger partial charge in [-0.25, -0.2) is 0 Å². The Hall–Kier alpha value is -3.85. The Bertz CT molecular complexity index is 1280. The maximum atomic E-state index is 13.0. The monoisotopic (exact) mass is 477 g/mol. The maximum absolute atomic E-state index is 13.0. The van der Waals surface area contributed by atoms with Crippen LogP contribution in [0.3, 0.4) is 0 Å². The van der Waals surface area contributed by atoms with Crippen molar-refractivity contribution in [3.05, 3.63) is 98.2 Å². The summed E-state index contributed by atoms with van der Waals surface area (Å²) < 4.78 is 7.90. The lowest BCUT2D eigenvalue weighted by atomic mass is 10.1. The van der Waals surface area contributed by atoms with Crippen LogP contribution >= 0.6 is 11.8 Å². The highest BCUT2D eigenvalue weighted by Gasteiger charge is 2.36. The third-order valence-electron chi connectivity index (χ3n) is 5.62. The second-order valence-corrected chi connectivity index (χ2v) is 8.79. The van der Waals surface area contributed by atoms with Crippen LogP contribution in [-0.4, -0.2) is 32.1 Å². The van der Waals surface area contributed by atoms with Crippen molar-refractivity contribution in [1.29, 1.82) is 0 Å². The van der Waals surface area contributed by atoms with Crippen molar-refractivity contribution in [2.45, 2.75) is 26.9 Å². The van der Waals surface area contributed by atoms with Crippen LogP contribution in [-0.2, 0) is 17.9 Å². The number of benzene rings is 2. The number of nitrogens with zero attached hydrogens (tertiary/aromatic N) is 3. The zero-order chi connectivity index (χ0) is 24.2. The molecule has 174 valence electrons. The highest BCUT2D eigenvalue weighted by atomic mass is 32.2. The van der Waals surface area contributed by atoms with E-state index in [0.29, 0.717) is 23.6 Å². The molecular formula is C25H23N3O5S. The molecule has 1 aliphatic rings. The smallest absolute Gasteiger partial charge is 0.293 e. The Morgan fingerprint density at radius 1 is 1.06 bits per heavy atom. The minimum Gasteiger partial charge on any atom is -0.492 e. The lowest BCUT2D eigenvalue weighted by Gasteiger charge is -2.12. The fourth-order valence-electron chi connectivity index (χ4n) is 3.86. The number of carbonyl (C=O) groups excluding carboxylic acids is 2. The highest BCUT2D eigenvalue weighted by Crippen LogP contribution is 2.35. The summed E-state index contributed by atoms with van der Waals surface area (Å²) >= 11 is 0.844. The topological polar surface area (TPSA) is 94.7 Å². The molecule has 8 nitrogen and oxygen atoms in total. The molecule has 1 fully saturated rings. The predicted molar refractivity (Wildman–Crippen MR) is 130 cm³/mol. The van der Waals surface area contributed by atoms with E-state index in [0.717, 1.165) is 39.4 Å². The summed E-state index contributed by atoms with van der Waals surface area (Å²) in [6.07, 6.45) is 1.71. The Balaban J connectivity index is 1.49. The van der Waals surface area contributed by atoms with Crippen LogP contribution in [0.15, 0.2) is 65.6 Å². The number of rotatable bonds is 8. The maximum Gasteiger partial charge on any atom is 0.293 e. The van der Waals surface area contributed by atoms with Crippen LogP contribution in [0.25, 0.3) is 6.08 Å². The number of nitro groups is 1. The van der Waals surface area contributed by atoms with E-state index in [-0.39, 0.29) is 12.2 Å². The molecule has 9 heteroatoms. The molecule has 34 heavy (non-hydrogen) atoms. The first-order valence-corrected chi connectivity index (χ1v) is 11.5. The Morgan fingerprint density at radius 2 is 1.76 bits per heavy atom. The number of ether oxygens (including phenoxy) is 1. The lowest BCUT2D eigenvalue weighted by molar-refractivity contribution is -0.385. The normalized spacial score (nSPS) is 14.8. The number of thioether (sulfide) groups is 1. The number of carbonyl (C=O) groups is 2. The van der Waals surface area contributed by atoms with Gasteiger partial charge in [-0.05, 0) is 55.4 Å². The summed E-state index contributed by atoms with van der Waals surface area (Å²) in [6.45, 7) is 4.92. The Kier molecular flexibility index (Phi) is 6.83. The number of hydrogen-bond acceptors (Lipinski definition) is 6. The van der Waals surface area contributed by atoms with Crippen LogP contribution < -0.4 is 4.74 Å². The number of amides is 2. The first-order chi connectivity index (χ1) is 16.3. The molecule has 2 amide bonds. The second-order valence-electron chi connectivity index (χ2n) is 7.79. The third kappa shape index (κ3) is 4.89. The van der Waals surface area contributed by atoms with E-state index in [4.69, 9.17) is 4.74 Å². The SMILES string of the molecule is Cc1cc(/C=C2\SC(=O)N(Cc3ccccc3[N+](=O)[O-])C2=O)c(C)n1CCOc1ccccc1. The molecule has 0 unspecified atom stereocenters. The van der Waals surface area contributed by atoms with E-state index in [1.807, 2.05) is 50.2 Å². The van der Waals surface area contributed by atoms with Crippen molar-refractivity contribution >= 4 is 34.7 Å². The molecule has 0 atom stereocenters. The van der Waals surface area contributed by atoms with Gasteiger partial charge in [0.25, 0.3) is 16.8 Å². The van der Waals surface area contributed by atoms with Gasteiger partial charge in [0, 0.05) is 23.0 Å². The first-order valence-electron chi connectivity index (χ1n) is 10.7. The average molecular weight is 478 g/mol. The molecule has 0 N–H and O–H groups in total. The number of para-hydroxylation sites is 2. The molecule has 1 aromatic heterocycles. The van der Waals surface area contributed by atoms with E-state index >= 15 is 0 Å². The van der Waals surface area contributed by atoms with Gasteiger partial charge < -0.3 is 9.30 Å². The summed E-state index contributed by atoms with van der Waals surface area (Å²) in [6, 6.07) is 17.7. The quantitative estimate of drug-likeness (QED) is 0.247. The summed E-state index contributed by atoms with van der Waals surface area (Å²) in [5, 5.41) is 10.8. The molecule has 4 rings (SSSR count). The van der Waals surface area contributed by atoms with Crippen molar-refractivity contribution in [2.24, 2.45) is 0 Å². The lowest BCUT2D eigenvalue weighted by Crippen LogP contribution is -2.27. The Morgan fingerprint density at radius 3 is 2.50 bits per heavy atom. The Labute approximate surface area is 201 Å². The van der Waals surface area contributed by atoms with Crippen LogP contribution in [0.1, 0.15) is 22.5 Å². The summed E-state index contributed by atoms with van der Waals surface area (Å²) in [4.78, 5) is 37.6. The number of nitro benzene ring substituents is 1. The molecular weight excluding hydrogens is 454 g/mol. The van der Waals surface area contributed by atoms with Gasteiger partial charge in [0.05, 0.1) is 22.9 Å². The fraction of sp³-hybridized carbons (Fsp3) is 0.200. The first kappa shape index (κ1) is 23.3. The van der Waals surface area contributed by atoms with E-state index in [9.17, 15) is 19.7 Å². The van der Waals surface area contributed by atoms with Crippen LogP contribution in [0.4, 0.5) is 10.5 Å². The van der Waals surface area contributed by atoms with Crippen molar-refractivity contribution in [3.8, 4) is 5.75 Å². The van der Waals surface area contributed by atoms with E-state index < -0.39 is 16.1 Å². The van der Waals surface area contributed by atoms with Crippen molar-refractivity contribution < 1.29 is 19.2 Å².